The fraction of sp³-hybridized carbons (Fsp3) is 0.692. The summed E-state index contributed by atoms with van der Waals surface area (Å²) < 4.78 is 2.24. The average molecular weight is 277 g/mol. The van der Waals surface area contributed by atoms with E-state index >= 15 is 0 Å². The molecule has 100 valence electrons. The molecule has 1 rings (SSSR count). The second-order valence-corrected chi connectivity index (χ2v) is 2.98. The molecule has 0 bridgehead atoms. The Labute approximate surface area is 162 Å². The van der Waals surface area contributed by atoms with Gasteiger partial charge in [0.1, 0.15) is 0 Å². The first-order chi connectivity index (χ1) is 6.55. The minimum absolute atomic E-state index is 0. The molecule has 0 spiro atoms. The molecular weight excluding hydrogens is 250 g/mol. The molecule has 0 aliphatic rings. The maximum Gasteiger partial charge on any atom is 0.0175 e. The Morgan fingerprint density at radius 1 is 0.625 bits per heavy atom. The summed E-state index contributed by atoms with van der Waals surface area (Å²) in [4.78, 5) is 0. The second kappa shape index (κ2) is 14.9. The molecule has 1 heterocycles. The van der Waals surface area contributed by atoms with Crippen molar-refractivity contribution in [3.63, 3.8) is 0 Å². The number of hydrogen-bond donors (Lipinski definition) is 0. The summed E-state index contributed by atoms with van der Waals surface area (Å²) in [6.45, 7) is 16.7. The van der Waals surface area contributed by atoms with Crippen molar-refractivity contribution in [2.75, 3.05) is 0 Å². The van der Waals surface area contributed by atoms with Crippen molar-refractivity contribution in [1.82, 2.24) is 4.57 Å². The molecule has 0 amide bonds. The largest absolute Gasteiger partial charge is 0.352 e. The standard InChI is InChI=1S/C9H15N.2C2H6.2Ar/c1-6-7(2)9(4)10(5)8(6)3;2*1-2;;/h1-5H3;2*1-2H3;;. The van der Waals surface area contributed by atoms with Gasteiger partial charge < -0.3 is 4.57 Å². The Kier molecular flexibility index (Phi) is 24.5. The minimum Gasteiger partial charge on any atom is -0.352 e. The molecule has 0 atom stereocenters. The summed E-state index contributed by atoms with van der Waals surface area (Å²) in [5, 5.41) is 0. The van der Waals surface area contributed by atoms with Crippen molar-refractivity contribution in [1.29, 1.82) is 0 Å². The van der Waals surface area contributed by atoms with Gasteiger partial charge in [0.15, 0.2) is 0 Å². The van der Waals surface area contributed by atoms with E-state index in [0.29, 0.717) is 0 Å². The van der Waals surface area contributed by atoms with Crippen molar-refractivity contribution in [3.05, 3.63) is 22.5 Å². The van der Waals surface area contributed by atoms with E-state index in [-0.39, 0.29) is 75.5 Å². The summed E-state index contributed by atoms with van der Waals surface area (Å²) in [5.41, 5.74) is 5.63. The Morgan fingerprint density at radius 3 is 0.875 bits per heavy atom. The fourth-order valence-corrected chi connectivity index (χ4v) is 1.30. The molecule has 0 N–H and O–H groups in total. The Bertz CT molecular complexity index is 185. The first kappa shape index (κ1) is 26.4. The Morgan fingerprint density at radius 2 is 0.812 bits per heavy atom. The monoisotopic (exact) mass is 277 g/mol. The molecular formula is C13H27Ar2N. The van der Waals surface area contributed by atoms with Gasteiger partial charge in [-0.2, -0.15) is 0 Å². The number of rotatable bonds is 0. The summed E-state index contributed by atoms with van der Waals surface area (Å²) in [7, 11) is 2.12. The molecule has 0 aliphatic carbocycles. The fourth-order valence-electron chi connectivity index (χ4n) is 1.30. The predicted molar refractivity (Wildman–Crippen MR) is 67.1 cm³/mol. The first-order valence-corrected chi connectivity index (χ1v) is 5.64. The number of aromatic nitrogens is 1. The molecule has 0 unspecified atom stereocenters. The van der Waals surface area contributed by atoms with Crippen LogP contribution in [0.25, 0.3) is 0 Å². The molecule has 0 saturated heterocycles. The van der Waals surface area contributed by atoms with Crippen molar-refractivity contribution >= 4 is 0 Å². The molecule has 0 fully saturated rings. The molecule has 16 heavy (non-hydrogen) atoms. The van der Waals surface area contributed by atoms with Crippen LogP contribution in [0.4, 0.5) is 0 Å². The van der Waals surface area contributed by atoms with Gasteiger partial charge in [0.2, 0.25) is 0 Å². The van der Waals surface area contributed by atoms with Crippen LogP contribution in [0.3, 0.4) is 0 Å². The van der Waals surface area contributed by atoms with E-state index in [0.717, 1.165) is 0 Å². The third-order valence-electron chi connectivity index (χ3n) is 2.65. The van der Waals surface area contributed by atoms with Crippen LogP contribution in [0.1, 0.15) is 50.2 Å². The molecule has 1 aromatic heterocycles. The van der Waals surface area contributed by atoms with E-state index in [9.17, 15) is 0 Å². The van der Waals surface area contributed by atoms with Crippen molar-refractivity contribution in [2.45, 2.75) is 55.4 Å². The van der Waals surface area contributed by atoms with Crippen molar-refractivity contribution < 1.29 is 75.5 Å². The van der Waals surface area contributed by atoms with E-state index in [1.807, 2.05) is 27.7 Å². The van der Waals surface area contributed by atoms with Crippen LogP contribution in [-0.4, -0.2) is 4.57 Å². The molecule has 1 aromatic rings. The topological polar surface area (TPSA) is 4.93 Å². The smallest absolute Gasteiger partial charge is 0.0175 e. The van der Waals surface area contributed by atoms with Crippen molar-refractivity contribution in [2.24, 2.45) is 7.05 Å². The van der Waals surface area contributed by atoms with Crippen LogP contribution < -0.4 is 0 Å². The average Bonchev–Trinajstić information content (AvgIpc) is 2.42. The van der Waals surface area contributed by atoms with Crippen LogP contribution in [0.5, 0.6) is 0 Å². The van der Waals surface area contributed by atoms with E-state index in [2.05, 4.69) is 39.3 Å². The van der Waals surface area contributed by atoms with Gasteiger partial charge in [-0.25, -0.2) is 0 Å². The first-order valence-electron chi connectivity index (χ1n) is 5.64. The van der Waals surface area contributed by atoms with Gasteiger partial charge >= 0.3 is 0 Å². The minimum atomic E-state index is 0. The van der Waals surface area contributed by atoms with Crippen LogP contribution in [0, 0.1) is 103 Å². The van der Waals surface area contributed by atoms with Gasteiger partial charge in [-0.1, -0.05) is 27.7 Å². The molecule has 0 aliphatic heterocycles. The van der Waals surface area contributed by atoms with Gasteiger partial charge in [0.05, 0.1) is 0 Å². The van der Waals surface area contributed by atoms with Crippen molar-refractivity contribution in [3.8, 4) is 0 Å². The second-order valence-electron chi connectivity index (χ2n) is 2.98. The molecule has 0 saturated carbocycles. The normalized spacial score (nSPS) is 7.31. The molecule has 0 aromatic carbocycles. The van der Waals surface area contributed by atoms with Crippen LogP contribution in [-0.2, 0) is 7.05 Å². The quantitative estimate of drug-likeness (QED) is 0.666. The van der Waals surface area contributed by atoms with E-state index in [1.54, 1.807) is 0 Å². The molecule has 0 radical (unpaired) electrons. The summed E-state index contributed by atoms with van der Waals surface area (Å²) >= 11 is 0. The van der Waals surface area contributed by atoms with Crippen LogP contribution in [0.15, 0.2) is 0 Å². The molecule has 1 nitrogen and oxygen atoms in total. The maximum absolute atomic E-state index is 2.24. The summed E-state index contributed by atoms with van der Waals surface area (Å²) in [6, 6.07) is 0. The predicted octanol–water partition coefficient (Wildman–Crippen LogP) is 4.31. The van der Waals surface area contributed by atoms with Gasteiger partial charge in [0.25, 0.3) is 0 Å². The zero-order valence-electron chi connectivity index (χ0n) is 12.2. The van der Waals surface area contributed by atoms with Crippen LogP contribution >= 0.6 is 0 Å². The van der Waals surface area contributed by atoms with Gasteiger partial charge in [0, 0.05) is 93.9 Å². The van der Waals surface area contributed by atoms with E-state index in [1.165, 1.54) is 22.5 Å². The number of hydrogen-bond acceptors (Lipinski definition) is 0. The summed E-state index contributed by atoms with van der Waals surface area (Å²) in [6.07, 6.45) is 0. The van der Waals surface area contributed by atoms with Crippen LogP contribution in [0.2, 0.25) is 0 Å². The molecule has 3 heteroatoms. The van der Waals surface area contributed by atoms with Gasteiger partial charge in [-0.3, -0.25) is 0 Å². The third-order valence-corrected chi connectivity index (χ3v) is 2.65. The van der Waals surface area contributed by atoms with E-state index in [4.69, 9.17) is 0 Å². The Balaban J connectivity index is -0.000000109. The van der Waals surface area contributed by atoms with E-state index < -0.39 is 0 Å². The SMILES string of the molecule is CC.CC.Cc1c(C)c(C)n(C)c1C.[Ar].[Ar]. The van der Waals surface area contributed by atoms with Gasteiger partial charge in [-0.05, 0) is 38.8 Å². The number of nitrogens with zero attached hydrogens (tertiary/aromatic N) is 1. The zero-order chi connectivity index (χ0) is 11.9. The third kappa shape index (κ3) is 7.28. The zero-order valence-corrected chi connectivity index (χ0v) is 13.6. The van der Waals surface area contributed by atoms with Gasteiger partial charge in [-0.15, -0.1) is 0 Å². The summed E-state index contributed by atoms with van der Waals surface area (Å²) in [5.74, 6) is 0. The maximum atomic E-state index is 2.24. The Hall–Kier alpha value is 1.80.